The Morgan fingerprint density at radius 1 is 0.309 bits per heavy atom. The lowest BCUT2D eigenvalue weighted by Gasteiger charge is -2.18. The molecular formula is C63H120O5. The molecule has 68 heavy (non-hydrogen) atoms. The van der Waals surface area contributed by atoms with E-state index in [1.165, 1.54) is 263 Å². The van der Waals surface area contributed by atoms with Gasteiger partial charge in [0.05, 0.1) is 0 Å². The zero-order valence-electron chi connectivity index (χ0n) is 46.4. The van der Waals surface area contributed by atoms with Crippen molar-refractivity contribution in [2.45, 2.75) is 348 Å². The molecule has 0 unspecified atom stereocenters. The predicted octanol–water partition coefficient (Wildman–Crippen LogP) is 21.1. The smallest absolute Gasteiger partial charge is 0.305 e. The summed E-state index contributed by atoms with van der Waals surface area (Å²) in [6.45, 7) is 7.78. The summed E-state index contributed by atoms with van der Waals surface area (Å²) < 4.78 is 17.6. The zero-order chi connectivity index (χ0) is 49.2. The van der Waals surface area contributed by atoms with E-state index in [4.69, 9.17) is 14.2 Å². The van der Waals surface area contributed by atoms with Gasteiger partial charge >= 0.3 is 11.9 Å². The van der Waals surface area contributed by atoms with Gasteiger partial charge in [0.2, 0.25) is 0 Å². The molecule has 0 aromatic rings. The third-order valence-corrected chi connectivity index (χ3v) is 14.0. The minimum atomic E-state index is -0.397. The number of ether oxygens (including phenoxy) is 3. The predicted molar refractivity (Wildman–Crippen MR) is 298 cm³/mol. The molecule has 0 radical (unpaired) electrons. The SMILES string of the molecule is CCCCC/C=C\C/C=C\CCCCCCCCCC(=O)OC[C@H](COC(=O)CCCCCCCCCCCCCCCCCCCCC)OCCCCCCCCCCCCCCCCCC. The van der Waals surface area contributed by atoms with Gasteiger partial charge in [-0.05, 0) is 51.4 Å². The van der Waals surface area contributed by atoms with Crippen molar-refractivity contribution >= 4 is 11.9 Å². The van der Waals surface area contributed by atoms with E-state index in [0.29, 0.717) is 19.4 Å². The number of rotatable bonds is 58. The van der Waals surface area contributed by atoms with Crippen LogP contribution in [0.5, 0.6) is 0 Å². The molecule has 0 heterocycles. The number of carbonyl (C=O) groups excluding carboxylic acids is 2. The van der Waals surface area contributed by atoms with Crippen molar-refractivity contribution in [3.63, 3.8) is 0 Å². The second-order valence-corrected chi connectivity index (χ2v) is 21.0. The topological polar surface area (TPSA) is 61.8 Å². The molecule has 0 aliphatic rings. The summed E-state index contributed by atoms with van der Waals surface area (Å²) in [7, 11) is 0. The van der Waals surface area contributed by atoms with Gasteiger partial charge in [0, 0.05) is 19.4 Å². The zero-order valence-corrected chi connectivity index (χ0v) is 46.4. The summed E-state index contributed by atoms with van der Waals surface area (Å²) >= 11 is 0. The van der Waals surface area contributed by atoms with Crippen LogP contribution in [0.1, 0.15) is 342 Å². The maximum absolute atomic E-state index is 12.7. The highest BCUT2D eigenvalue weighted by Gasteiger charge is 2.16. The second-order valence-electron chi connectivity index (χ2n) is 21.0. The Hall–Kier alpha value is -1.62. The molecule has 0 bridgehead atoms. The molecule has 0 spiro atoms. The summed E-state index contributed by atoms with van der Waals surface area (Å²) in [6, 6.07) is 0. The highest BCUT2D eigenvalue weighted by atomic mass is 16.6. The molecule has 1 atom stereocenters. The van der Waals surface area contributed by atoms with E-state index in [9.17, 15) is 9.59 Å². The summed E-state index contributed by atoms with van der Waals surface area (Å²) in [4.78, 5) is 25.4. The van der Waals surface area contributed by atoms with Gasteiger partial charge in [-0.15, -0.1) is 0 Å². The first-order chi connectivity index (χ1) is 33.6. The molecule has 0 aromatic heterocycles. The monoisotopic (exact) mass is 957 g/mol. The summed E-state index contributed by atoms with van der Waals surface area (Å²) in [5.41, 5.74) is 0. The molecule has 0 saturated heterocycles. The molecule has 0 aromatic carbocycles. The van der Waals surface area contributed by atoms with Crippen molar-refractivity contribution < 1.29 is 23.8 Å². The number of unbranched alkanes of at least 4 members (excludes halogenated alkanes) is 43. The summed E-state index contributed by atoms with van der Waals surface area (Å²) in [6.07, 6.45) is 72.3. The minimum Gasteiger partial charge on any atom is -0.463 e. The first-order valence-electron chi connectivity index (χ1n) is 30.9. The van der Waals surface area contributed by atoms with Gasteiger partial charge in [-0.1, -0.05) is 302 Å². The van der Waals surface area contributed by atoms with Gasteiger partial charge < -0.3 is 14.2 Å². The van der Waals surface area contributed by atoms with Crippen molar-refractivity contribution in [3.05, 3.63) is 24.3 Å². The van der Waals surface area contributed by atoms with Crippen LogP contribution in [0.4, 0.5) is 0 Å². The Bertz CT molecular complexity index is 1040. The lowest BCUT2D eigenvalue weighted by Crippen LogP contribution is -2.29. The molecule has 0 amide bonds. The molecule has 0 aliphatic carbocycles. The fourth-order valence-corrected chi connectivity index (χ4v) is 9.34. The summed E-state index contributed by atoms with van der Waals surface area (Å²) in [5.74, 6) is -0.319. The number of esters is 2. The van der Waals surface area contributed by atoms with Crippen LogP contribution in [0.2, 0.25) is 0 Å². The third-order valence-electron chi connectivity index (χ3n) is 14.0. The minimum absolute atomic E-state index is 0.156. The fraction of sp³-hybridized carbons (Fsp3) is 0.905. The quantitative estimate of drug-likeness (QED) is 0.0345. The lowest BCUT2D eigenvalue weighted by atomic mass is 10.0. The van der Waals surface area contributed by atoms with Crippen molar-refractivity contribution in [2.24, 2.45) is 0 Å². The molecule has 5 heteroatoms. The maximum atomic E-state index is 12.7. The molecule has 0 N–H and O–H groups in total. The Balaban J connectivity index is 4.20. The Labute approximate surface area is 426 Å². The number of hydrogen-bond acceptors (Lipinski definition) is 5. The Morgan fingerprint density at radius 3 is 0.882 bits per heavy atom. The molecule has 402 valence electrons. The summed E-state index contributed by atoms with van der Waals surface area (Å²) in [5, 5.41) is 0. The van der Waals surface area contributed by atoms with Crippen LogP contribution < -0.4 is 0 Å². The Kier molecular flexibility index (Phi) is 58.3. The van der Waals surface area contributed by atoms with E-state index in [-0.39, 0.29) is 25.2 Å². The van der Waals surface area contributed by atoms with Gasteiger partial charge in [-0.3, -0.25) is 9.59 Å². The van der Waals surface area contributed by atoms with Gasteiger partial charge in [0.25, 0.3) is 0 Å². The van der Waals surface area contributed by atoms with E-state index < -0.39 is 6.10 Å². The average Bonchev–Trinajstić information content (AvgIpc) is 3.34. The van der Waals surface area contributed by atoms with E-state index in [1.54, 1.807) is 0 Å². The normalized spacial score (nSPS) is 12.2. The largest absolute Gasteiger partial charge is 0.463 e. The molecule has 0 aliphatic heterocycles. The number of hydrogen-bond donors (Lipinski definition) is 0. The average molecular weight is 958 g/mol. The van der Waals surface area contributed by atoms with E-state index in [2.05, 4.69) is 45.1 Å². The van der Waals surface area contributed by atoms with E-state index >= 15 is 0 Å². The third kappa shape index (κ3) is 57.0. The van der Waals surface area contributed by atoms with Crippen molar-refractivity contribution in [1.82, 2.24) is 0 Å². The van der Waals surface area contributed by atoms with Crippen LogP contribution in [-0.2, 0) is 23.8 Å². The number of carbonyl (C=O) groups is 2. The molecular weight excluding hydrogens is 837 g/mol. The second kappa shape index (κ2) is 59.7. The van der Waals surface area contributed by atoms with Gasteiger partial charge in [0.1, 0.15) is 19.3 Å². The van der Waals surface area contributed by atoms with Gasteiger partial charge in [-0.2, -0.15) is 0 Å². The first kappa shape index (κ1) is 66.4. The fourth-order valence-electron chi connectivity index (χ4n) is 9.34. The van der Waals surface area contributed by atoms with Crippen molar-refractivity contribution in [2.75, 3.05) is 19.8 Å². The van der Waals surface area contributed by atoms with Crippen LogP contribution in [0.3, 0.4) is 0 Å². The van der Waals surface area contributed by atoms with E-state index in [1.807, 2.05) is 0 Å². The first-order valence-corrected chi connectivity index (χ1v) is 30.9. The Morgan fingerprint density at radius 2 is 0.559 bits per heavy atom. The molecule has 0 fully saturated rings. The van der Waals surface area contributed by atoms with E-state index in [0.717, 1.165) is 44.9 Å². The highest BCUT2D eigenvalue weighted by Crippen LogP contribution is 2.17. The van der Waals surface area contributed by atoms with Crippen LogP contribution >= 0.6 is 0 Å². The number of allylic oxidation sites excluding steroid dienone is 4. The highest BCUT2D eigenvalue weighted by molar-refractivity contribution is 5.69. The van der Waals surface area contributed by atoms with Crippen LogP contribution in [0, 0.1) is 0 Å². The molecule has 0 saturated carbocycles. The van der Waals surface area contributed by atoms with Gasteiger partial charge in [0.15, 0.2) is 0 Å². The standard InChI is InChI=1S/C63H120O5/c1-4-7-10-13-16-19-22-25-28-31-32-34-36-39-42-45-48-51-54-57-63(65)68-60-61(66-58-55-52-49-46-43-40-37-30-27-24-21-18-15-12-9-6-3)59-67-62(64)56-53-50-47-44-41-38-35-33-29-26-23-20-17-14-11-8-5-2/h17,20,26,29,61H,4-16,18-19,21-25,27-28,30-60H2,1-3H3/b20-17-,29-26-/t61-/m1/s1. The van der Waals surface area contributed by atoms with Crippen LogP contribution in [0.15, 0.2) is 24.3 Å². The van der Waals surface area contributed by atoms with Gasteiger partial charge in [-0.25, -0.2) is 0 Å². The molecule has 0 rings (SSSR count). The van der Waals surface area contributed by atoms with Crippen LogP contribution in [-0.4, -0.2) is 37.9 Å². The van der Waals surface area contributed by atoms with Crippen molar-refractivity contribution in [1.29, 1.82) is 0 Å². The lowest BCUT2D eigenvalue weighted by molar-refractivity contribution is -0.155. The van der Waals surface area contributed by atoms with Crippen molar-refractivity contribution in [3.8, 4) is 0 Å². The molecule has 5 nitrogen and oxygen atoms in total. The van der Waals surface area contributed by atoms with Crippen LogP contribution in [0.25, 0.3) is 0 Å². The maximum Gasteiger partial charge on any atom is 0.305 e.